The van der Waals surface area contributed by atoms with Gasteiger partial charge in [0.25, 0.3) is 0 Å². The second kappa shape index (κ2) is 3.64. The molecule has 0 aliphatic carbocycles. The lowest BCUT2D eigenvalue weighted by Gasteiger charge is -2.16. The van der Waals surface area contributed by atoms with Gasteiger partial charge in [0.1, 0.15) is 0 Å². The summed E-state index contributed by atoms with van der Waals surface area (Å²) in [6.07, 6.45) is 0.0665. The predicted molar refractivity (Wildman–Crippen MR) is 60.3 cm³/mol. The highest BCUT2D eigenvalue weighted by Gasteiger charge is 2.30. The highest BCUT2D eigenvalue weighted by Crippen LogP contribution is 2.19. The number of aromatic nitrogens is 1. The number of para-hydroxylation sites is 1. The van der Waals surface area contributed by atoms with E-state index in [9.17, 15) is 9.90 Å². The smallest absolute Gasteiger partial charge is 0.335 e. The number of hydrogen-bond acceptors (Lipinski definition) is 2. The molecule has 0 aliphatic heterocycles. The molecule has 2 aromatic rings. The monoisotopic (exact) mass is 219 g/mol. The number of aromatic amines is 1. The van der Waals surface area contributed by atoms with Crippen molar-refractivity contribution in [1.29, 1.82) is 0 Å². The summed E-state index contributed by atoms with van der Waals surface area (Å²) < 4.78 is 0. The first-order valence-electron chi connectivity index (χ1n) is 5.01. The van der Waals surface area contributed by atoms with Gasteiger partial charge in [-0.2, -0.15) is 0 Å². The summed E-state index contributed by atoms with van der Waals surface area (Å²) in [6.45, 7) is 1.29. The Morgan fingerprint density at radius 3 is 2.75 bits per heavy atom. The molecular formula is C12H13NO3. The van der Waals surface area contributed by atoms with Gasteiger partial charge in [0.2, 0.25) is 0 Å². The number of rotatable bonds is 3. The van der Waals surface area contributed by atoms with Crippen molar-refractivity contribution in [3.8, 4) is 0 Å². The van der Waals surface area contributed by atoms with E-state index in [0.717, 1.165) is 10.9 Å². The number of hydrogen-bond donors (Lipinski definition) is 3. The summed E-state index contributed by atoms with van der Waals surface area (Å²) >= 11 is 0. The molecule has 0 saturated carbocycles. The van der Waals surface area contributed by atoms with Gasteiger partial charge in [0.15, 0.2) is 5.60 Å². The van der Waals surface area contributed by atoms with Crippen LogP contribution < -0.4 is 0 Å². The average molecular weight is 219 g/mol. The quantitative estimate of drug-likeness (QED) is 0.733. The van der Waals surface area contributed by atoms with Gasteiger partial charge < -0.3 is 15.2 Å². The molecule has 0 amide bonds. The zero-order valence-corrected chi connectivity index (χ0v) is 8.90. The summed E-state index contributed by atoms with van der Waals surface area (Å²) in [5.41, 5.74) is -0.0757. The van der Waals surface area contributed by atoms with Gasteiger partial charge in [0.05, 0.1) is 0 Å². The molecule has 1 aromatic carbocycles. The number of fused-ring (bicyclic) bond motifs is 1. The molecule has 1 atom stereocenters. The molecule has 0 radical (unpaired) electrons. The number of carboxylic acids is 1. The zero-order valence-electron chi connectivity index (χ0n) is 8.90. The van der Waals surface area contributed by atoms with E-state index in [1.165, 1.54) is 6.92 Å². The molecule has 3 N–H and O–H groups in total. The topological polar surface area (TPSA) is 73.3 Å². The minimum absolute atomic E-state index is 0.0665. The Kier molecular flexibility index (Phi) is 2.44. The number of H-pyrrole nitrogens is 1. The van der Waals surface area contributed by atoms with Crippen LogP contribution in [-0.2, 0) is 11.2 Å². The molecule has 0 fully saturated rings. The number of aliphatic carboxylic acids is 1. The third-order valence-corrected chi connectivity index (χ3v) is 2.58. The molecular weight excluding hydrogens is 206 g/mol. The second-order valence-electron chi connectivity index (χ2n) is 4.14. The number of benzene rings is 1. The maximum absolute atomic E-state index is 10.8. The van der Waals surface area contributed by atoms with E-state index in [-0.39, 0.29) is 6.42 Å². The van der Waals surface area contributed by atoms with E-state index in [1.54, 1.807) is 0 Å². The van der Waals surface area contributed by atoms with Crippen LogP contribution in [0.4, 0.5) is 0 Å². The average Bonchev–Trinajstić information content (AvgIpc) is 2.58. The lowest BCUT2D eigenvalue weighted by atomic mass is 10.0. The van der Waals surface area contributed by atoms with E-state index in [0.29, 0.717) is 5.69 Å². The minimum Gasteiger partial charge on any atom is -0.479 e. The van der Waals surface area contributed by atoms with E-state index in [2.05, 4.69) is 4.98 Å². The van der Waals surface area contributed by atoms with Gasteiger partial charge in [-0.25, -0.2) is 4.79 Å². The van der Waals surface area contributed by atoms with Crippen molar-refractivity contribution in [2.75, 3.05) is 0 Å². The Balaban J connectivity index is 2.32. The SMILES string of the molecule is CC(O)(Cc1cc2ccccc2[nH]1)C(=O)O. The first kappa shape index (κ1) is 10.7. The Morgan fingerprint density at radius 1 is 1.44 bits per heavy atom. The fraction of sp³-hybridized carbons (Fsp3) is 0.250. The molecule has 16 heavy (non-hydrogen) atoms. The van der Waals surface area contributed by atoms with Gasteiger partial charge in [-0.05, 0) is 24.4 Å². The number of carboxylic acid groups (broad SMARTS) is 1. The van der Waals surface area contributed by atoms with Crippen molar-refractivity contribution in [1.82, 2.24) is 4.98 Å². The molecule has 4 heteroatoms. The summed E-state index contributed by atoms with van der Waals surface area (Å²) in [5, 5.41) is 19.5. The largest absolute Gasteiger partial charge is 0.479 e. The van der Waals surface area contributed by atoms with Crippen molar-refractivity contribution in [3.63, 3.8) is 0 Å². The molecule has 0 spiro atoms. The fourth-order valence-electron chi connectivity index (χ4n) is 1.68. The summed E-state index contributed by atoms with van der Waals surface area (Å²) in [6, 6.07) is 9.51. The predicted octanol–water partition coefficient (Wildman–Crippen LogP) is 1.55. The Hall–Kier alpha value is -1.81. The Morgan fingerprint density at radius 2 is 2.12 bits per heavy atom. The van der Waals surface area contributed by atoms with Crippen LogP contribution in [0.2, 0.25) is 0 Å². The van der Waals surface area contributed by atoms with Crippen molar-refractivity contribution in [3.05, 3.63) is 36.0 Å². The maximum Gasteiger partial charge on any atom is 0.335 e. The van der Waals surface area contributed by atoms with E-state index < -0.39 is 11.6 Å². The molecule has 4 nitrogen and oxygen atoms in total. The van der Waals surface area contributed by atoms with Gasteiger partial charge in [-0.15, -0.1) is 0 Å². The van der Waals surface area contributed by atoms with Crippen LogP contribution >= 0.6 is 0 Å². The van der Waals surface area contributed by atoms with Crippen molar-refractivity contribution < 1.29 is 15.0 Å². The zero-order chi connectivity index (χ0) is 11.8. The molecule has 1 aromatic heterocycles. The molecule has 0 aliphatic rings. The summed E-state index contributed by atoms with van der Waals surface area (Å²) in [4.78, 5) is 13.9. The van der Waals surface area contributed by atoms with E-state index >= 15 is 0 Å². The summed E-state index contributed by atoms with van der Waals surface area (Å²) in [7, 11) is 0. The van der Waals surface area contributed by atoms with Crippen LogP contribution in [-0.4, -0.2) is 26.8 Å². The Bertz CT molecular complexity index is 495. The van der Waals surface area contributed by atoms with Crippen LogP contribution in [0.3, 0.4) is 0 Å². The van der Waals surface area contributed by atoms with Gasteiger partial charge >= 0.3 is 5.97 Å². The minimum atomic E-state index is -1.74. The molecule has 0 saturated heterocycles. The van der Waals surface area contributed by atoms with E-state index in [1.807, 2.05) is 30.3 Å². The fourth-order valence-corrected chi connectivity index (χ4v) is 1.68. The van der Waals surface area contributed by atoms with Crippen molar-refractivity contribution >= 4 is 16.9 Å². The molecule has 2 rings (SSSR count). The molecule has 1 unspecified atom stereocenters. The van der Waals surface area contributed by atoms with Crippen LogP contribution in [0.5, 0.6) is 0 Å². The summed E-state index contributed by atoms with van der Waals surface area (Å²) in [5.74, 6) is -1.22. The lowest BCUT2D eigenvalue weighted by molar-refractivity contribution is -0.156. The highest BCUT2D eigenvalue weighted by atomic mass is 16.4. The normalized spacial score (nSPS) is 14.9. The third kappa shape index (κ3) is 1.92. The third-order valence-electron chi connectivity index (χ3n) is 2.58. The standard InChI is InChI=1S/C12H13NO3/c1-12(16,11(14)15)7-9-6-8-4-2-3-5-10(8)13-9/h2-6,13,16H,7H2,1H3,(H,14,15). The van der Waals surface area contributed by atoms with E-state index in [4.69, 9.17) is 5.11 Å². The number of carbonyl (C=O) groups is 1. The van der Waals surface area contributed by atoms with Crippen LogP contribution in [0, 0.1) is 0 Å². The highest BCUT2D eigenvalue weighted by molar-refractivity contribution is 5.81. The van der Waals surface area contributed by atoms with Crippen LogP contribution in [0.25, 0.3) is 10.9 Å². The lowest BCUT2D eigenvalue weighted by Crippen LogP contribution is -2.37. The van der Waals surface area contributed by atoms with Crippen LogP contribution in [0.1, 0.15) is 12.6 Å². The Labute approximate surface area is 92.5 Å². The van der Waals surface area contributed by atoms with Crippen LogP contribution in [0.15, 0.2) is 30.3 Å². The molecule has 84 valence electrons. The number of nitrogens with one attached hydrogen (secondary N) is 1. The van der Waals surface area contributed by atoms with Gasteiger partial charge in [-0.3, -0.25) is 0 Å². The van der Waals surface area contributed by atoms with Gasteiger partial charge in [0, 0.05) is 17.6 Å². The second-order valence-corrected chi connectivity index (χ2v) is 4.14. The van der Waals surface area contributed by atoms with Crippen molar-refractivity contribution in [2.45, 2.75) is 18.9 Å². The maximum atomic E-state index is 10.8. The van der Waals surface area contributed by atoms with Crippen molar-refractivity contribution in [2.24, 2.45) is 0 Å². The first-order valence-corrected chi connectivity index (χ1v) is 5.01. The molecule has 1 heterocycles. The number of aliphatic hydroxyl groups is 1. The first-order chi connectivity index (χ1) is 7.49. The van der Waals surface area contributed by atoms with Gasteiger partial charge in [-0.1, -0.05) is 18.2 Å². The molecule has 0 bridgehead atoms.